The molecule has 4 N–H and O–H groups in total. The number of amides is 1. The van der Waals surface area contributed by atoms with E-state index in [2.05, 4.69) is 27.8 Å². The number of nitrogens with two attached hydrogens (primary N) is 1. The van der Waals surface area contributed by atoms with Crippen molar-refractivity contribution in [3.8, 4) is 5.75 Å². The molecule has 0 bridgehead atoms. The summed E-state index contributed by atoms with van der Waals surface area (Å²) >= 11 is 0. The third-order valence-electron chi connectivity index (χ3n) is 4.69. The van der Waals surface area contributed by atoms with E-state index in [0.29, 0.717) is 24.6 Å². The van der Waals surface area contributed by atoms with Gasteiger partial charge >= 0.3 is 0 Å². The van der Waals surface area contributed by atoms with Crippen molar-refractivity contribution < 1.29 is 9.53 Å². The summed E-state index contributed by atoms with van der Waals surface area (Å²) in [4.78, 5) is 16.4. The molecule has 150 valence electrons. The number of benzene rings is 2. The molecule has 0 saturated heterocycles. The van der Waals surface area contributed by atoms with Crippen LogP contribution in [-0.2, 0) is 12.8 Å². The SMILES string of the molecule is COc1ccc(C(=O)NCCN=C(N)Nc2cccc3c2CCCC3)cc1.I. The van der Waals surface area contributed by atoms with E-state index in [1.165, 1.54) is 24.0 Å². The number of nitrogens with zero attached hydrogens (tertiary/aromatic N) is 1. The Hall–Kier alpha value is -2.29. The van der Waals surface area contributed by atoms with Gasteiger partial charge in [-0.2, -0.15) is 0 Å². The minimum Gasteiger partial charge on any atom is -0.497 e. The van der Waals surface area contributed by atoms with Gasteiger partial charge in [0.05, 0.1) is 13.7 Å². The Kier molecular flexibility index (Phi) is 8.56. The van der Waals surface area contributed by atoms with Crippen LogP contribution in [0.25, 0.3) is 0 Å². The summed E-state index contributed by atoms with van der Waals surface area (Å²) in [6.07, 6.45) is 4.65. The quantitative estimate of drug-likeness (QED) is 0.249. The molecule has 1 aliphatic carbocycles. The molecule has 0 unspecified atom stereocenters. The minimum atomic E-state index is -0.142. The topological polar surface area (TPSA) is 88.7 Å². The standard InChI is InChI=1S/C21H26N4O2.HI/c1-27-17-11-9-16(10-12-17)20(26)23-13-14-24-21(22)25-19-8-4-6-15-5-2-3-7-18(15)19;/h4,6,8-12H,2-3,5,7,13-14H2,1H3,(H,23,26)(H3,22,24,25);1H. The first-order valence-corrected chi connectivity index (χ1v) is 9.27. The average Bonchev–Trinajstić information content (AvgIpc) is 2.71. The minimum absolute atomic E-state index is 0. The van der Waals surface area contributed by atoms with Crippen LogP contribution in [0.3, 0.4) is 0 Å². The maximum atomic E-state index is 12.1. The smallest absolute Gasteiger partial charge is 0.251 e. The summed E-state index contributed by atoms with van der Waals surface area (Å²) < 4.78 is 5.09. The third-order valence-corrected chi connectivity index (χ3v) is 4.69. The molecule has 0 atom stereocenters. The number of ether oxygens (including phenoxy) is 1. The van der Waals surface area contributed by atoms with Gasteiger partial charge in [-0.1, -0.05) is 12.1 Å². The Morgan fingerprint density at radius 2 is 1.89 bits per heavy atom. The van der Waals surface area contributed by atoms with Gasteiger partial charge in [0.1, 0.15) is 5.75 Å². The first-order chi connectivity index (χ1) is 13.2. The van der Waals surface area contributed by atoms with Crippen molar-refractivity contribution >= 4 is 41.5 Å². The number of rotatable bonds is 6. The number of hydrogen-bond donors (Lipinski definition) is 3. The van der Waals surface area contributed by atoms with Crippen LogP contribution >= 0.6 is 24.0 Å². The lowest BCUT2D eigenvalue weighted by atomic mass is 9.90. The van der Waals surface area contributed by atoms with Crippen LogP contribution < -0.4 is 21.1 Å². The molecule has 0 fully saturated rings. The van der Waals surface area contributed by atoms with Gasteiger partial charge in [0.25, 0.3) is 5.91 Å². The molecule has 0 aliphatic heterocycles. The zero-order valence-corrected chi connectivity index (χ0v) is 18.4. The van der Waals surface area contributed by atoms with E-state index in [4.69, 9.17) is 10.5 Å². The Morgan fingerprint density at radius 1 is 1.14 bits per heavy atom. The summed E-state index contributed by atoms with van der Waals surface area (Å²) in [6.45, 7) is 0.829. The highest BCUT2D eigenvalue weighted by Crippen LogP contribution is 2.27. The normalized spacial score (nSPS) is 13.1. The van der Waals surface area contributed by atoms with Crippen LogP contribution in [0.5, 0.6) is 5.75 Å². The Labute approximate surface area is 183 Å². The first-order valence-electron chi connectivity index (χ1n) is 9.27. The third kappa shape index (κ3) is 5.85. The summed E-state index contributed by atoms with van der Waals surface area (Å²) in [7, 11) is 1.59. The predicted molar refractivity (Wildman–Crippen MR) is 124 cm³/mol. The van der Waals surface area contributed by atoms with Crippen LogP contribution in [0.4, 0.5) is 5.69 Å². The molecular formula is C21H27IN4O2. The summed E-state index contributed by atoms with van der Waals surface area (Å²) in [5.41, 5.74) is 10.4. The number of fused-ring (bicyclic) bond motifs is 1. The lowest BCUT2D eigenvalue weighted by Gasteiger charge is -2.19. The molecule has 0 spiro atoms. The van der Waals surface area contributed by atoms with E-state index in [-0.39, 0.29) is 29.9 Å². The van der Waals surface area contributed by atoms with Crippen LogP contribution in [0.15, 0.2) is 47.5 Å². The number of guanidine groups is 1. The molecule has 0 aromatic heterocycles. The molecule has 2 aromatic carbocycles. The Balaban J connectivity index is 0.00000280. The fourth-order valence-corrected chi connectivity index (χ4v) is 3.27. The van der Waals surface area contributed by atoms with Gasteiger partial charge in [0, 0.05) is 17.8 Å². The lowest BCUT2D eigenvalue weighted by Crippen LogP contribution is -2.28. The second kappa shape index (κ2) is 10.9. The van der Waals surface area contributed by atoms with Crippen molar-refractivity contribution in [1.29, 1.82) is 0 Å². The van der Waals surface area contributed by atoms with E-state index in [0.717, 1.165) is 24.3 Å². The van der Waals surface area contributed by atoms with E-state index in [1.807, 2.05) is 6.07 Å². The van der Waals surface area contributed by atoms with Crippen molar-refractivity contribution in [1.82, 2.24) is 5.32 Å². The van der Waals surface area contributed by atoms with Crippen molar-refractivity contribution in [2.24, 2.45) is 10.7 Å². The molecule has 0 heterocycles. The number of carbonyl (C=O) groups is 1. The van der Waals surface area contributed by atoms with Gasteiger partial charge in [-0.15, -0.1) is 24.0 Å². The van der Waals surface area contributed by atoms with Gasteiger partial charge in [-0.05, 0) is 67.1 Å². The Morgan fingerprint density at radius 3 is 2.64 bits per heavy atom. The fraction of sp³-hybridized carbons (Fsp3) is 0.333. The molecule has 6 nitrogen and oxygen atoms in total. The van der Waals surface area contributed by atoms with Crippen LogP contribution in [0, 0.1) is 0 Å². The van der Waals surface area contributed by atoms with Crippen molar-refractivity contribution in [3.63, 3.8) is 0 Å². The van der Waals surface area contributed by atoms with E-state index < -0.39 is 0 Å². The molecule has 1 amide bonds. The van der Waals surface area contributed by atoms with E-state index >= 15 is 0 Å². The number of hydrogen-bond acceptors (Lipinski definition) is 3. The van der Waals surface area contributed by atoms with Crippen LogP contribution in [-0.4, -0.2) is 32.1 Å². The molecule has 0 saturated carbocycles. The summed E-state index contributed by atoms with van der Waals surface area (Å²) in [5.74, 6) is 0.947. The molecule has 28 heavy (non-hydrogen) atoms. The zero-order valence-electron chi connectivity index (χ0n) is 16.0. The molecule has 7 heteroatoms. The van der Waals surface area contributed by atoms with E-state index in [9.17, 15) is 4.79 Å². The number of anilines is 1. The number of carbonyl (C=O) groups excluding carboxylic acids is 1. The van der Waals surface area contributed by atoms with Gasteiger partial charge in [0.15, 0.2) is 5.96 Å². The second-order valence-electron chi connectivity index (χ2n) is 6.53. The first kappa shape index (κ1) is 22.0. The highest BCUT2D eigenvalue weighted by Gasteiger charge is 2.13. The van der Waals surface area contributed by atoms with Crippen LogP contribution in [0.2, 0.25) is 0 Å². The van der Waals surface area contributed by atoms with Crippen LogP contribution in [0.1, 0.15) is 34.3 Å². The van der Waals surface area contributed by atoms with Crippen molar-refractivity contribution in [3.05, 3.63) is 59.2 Å². The number of aliphatic imine (C=N–C) groups is 1. The monoisotopic (exact) mass is 494 g/mol. The maximum absolute atomic E-state index is 12.1. The summed E-state index contributed by atoms with van der Waals surface area (Å²) in [6, 6.07) is 13.2. The zero-order chi connectivity index (χ0) is 19.1. The number of nitrogens with one attached hydrogen (secondary N) is 2. The largest absolute Gasteiger partial charge is 0.497 e. The van der Waals surface area contributed by atoms with Gasteiger partial charge < -0.3 is 21.1 Å². The maximum Gasteiger partial charge on any atom is 0.251 e. The molecule has 3 rings (SSSR count). The number of halogens is 1. The van der Waals surface area contributed by atoms with Gasteiger partial charge in [0.2, 0.25) is 0 Å². The van der Waals surface area contributed by atoms with Crippen molar-refractivity contribution in [2.75, 3.05) is 25.5 Å². The fourth-order valence-electron chi connectivity index (χ4n) is 3.27. The predicted octanol–water partition coefficient (Wildman–Crippen LogP) is 3.35. The number of aryl methyl sites for hydroxylation is 1. The average molecular weight is 494 g/mol. The highest BCUT2D eigenvalue weighted by atomic mass is 127. The second-order valence-corrected chi connectivity index (χ2v) is 6.53. The van der Waals surface area contributed by atoms with Gasteiger partial charge in [-0.25, -0.2) is 0 Å². The molecule has 2 aromatic rings. The lowest BCUT2D eigenvalue weighted by molar-refractivity contribution is 0.0955. The van der Waals surface area contributed by atoms with Crippen molar-refractivity contribution in [2.45, 2.75) is 25.7 Å². The van der Waals surface area contributed by atoms with E-state index in [1.54, 1.807) is 31.4 Å². The number of methoxy groups -OCH3 is 1. The summed E-state index contributed by atoms with van der Waals surface area (Å²) in [5, 5.41) is 6.04. The molecule has 0 radical (unpaired) electrons. The van der Waals surface area contributed by atoms with Gasteiger partial charge in [-0.3, -0.25) is 9.79 Å². The molecular weight excluding hydrogens is 467 g/mol. The molecule has 1 aliphatic rings. The highest BCUT2D eigenvalue weighted by molar-refractivity contribution is 14.0. The Bertz CT molecular complexity index is 822.